The highest BCUT2D eigenvalue weighted by Gasteiger charge is 2.24. The van der Waals surface area contributed by atoms with E-state index in [0.29, 0.717) is 6.54 Å². The molecule has 2 heterocycles. The van der Waals surface area contributed by atoms with Crippen LogP contribution in [-0.2, 0) is 13.0 Å². The predicted octanol–water partition coefficient (Wildman–Crippen LogP) is 5.03. The normalized spacial score (nSPS) is 13.6. The molecule has 27 heavy (non-hydrogen) atoms. The Labute approximate surface area is 158 Å². The summed E-state index contributed by atoms with van der Waals surface area (Å²) in [5.74, 6) is 0.102. The Morgan fingerprint density at radius 3 is 2.33 bits per heavy atom. The second-order valence-corrected chi connectivity index (χ2v) is 7.05. The van der Waals surface area contributed by atoms with Crippen molar-refractivity contribution in [2.45, 2.75) is 13.0 Å². The van der Waals surface area contributed by atoms with Gasteiger partial charge in [0.1, 0.15) is 0 Å². The number of nitrogens with one attached hydrogen (secondary N) is 1. The van der Waals surface area contributed by atoms with Gasteiger partial charge in [-0.2, -0.15) is 0 Å². The molecular weight excluding hydrogens is 332 g/mol. The van der Waals surface area contributed by atoms with Crippen molar-refractivity contribution >= 4 is 16.8 Å². The fourth-order valence-electron chi connectivity index (χ4n) is 3.96. The van der Waals surface area contributed by atoms with Gasteiger partial charge in [0.25, 0.3) is 5.91 Å². The minimum Gasteiger partial charge on any atom is -0.358 e. The van der Waals surface area contributed by atoms with Gasteiger partial charge in [-0.1, -0.05) is 60.7 Å². The molecule has 4 aromatic rings. The summed E-state index contributed by atoms with van der Waals surface area (Å²) in [6.07, 6.45) is 0.873. The maximum atomic E-state index is 13.0. The van der Waals surface area contributed by atoms with E-state index in [9.17, 15) is 4.79 Å². The molecule has 0 aliphatic carbocycles. The number of nitrogens with zero attached hydrogens (tertiary/aromatic N) is 1. The highest BCUT2D eigenvalue weighted by molar-refractivity contribution is 5.95. The highest BCUT2D eigenvalue weighted by atomic mass is 16.2. The number of aromatic nitrogens is 1. The Hall–Kier alpha value is -3.33. The number of fused-ring (bicyclic) bond motifs is 3. The van der Waals surface area contributed by atoms with Crippen molar-refractivity contribution in [1.82, 2.24) is 9.88 Å². The smallest absolute Gasteiger partial charge is 0.254 e. The molecule has 5 rings (SSSR count). The van der Waals surface area contributed by atoms with Crippen LogP contribution in [0.3, 0.4) is 0 Å². The number of benzene rings is 3. The lowest BCUT2D eigenvalue weighted by molar-refractivity contribution is 0.0735. The number of aromatic amines is 1. The van der Waals surface area contributed by atoms with Crippen molar-refractivity contribution in [3.8, 4) is 11.1 Å². The molecule has 0 atom stereocenters. The first kappa shape index (κ1) is 15.9. The molecule has 0 saturated heterocycles. The van der Waals surface area contributed by atoms with E-state index in [1.165, 1.54) is 16.6 Å². The van der Waals surface area contributed by atoms with E-state index in [4.69, 9.17) is 0 Å². The molecular formula is C24H20N2O. The van der Waals surface area contributed by atoms with Gasteiger partial charge in [-0.05, 0) is 29.3 Å². The quantitative estimate of drug-likeness (QED) is 0.539. The predicted molar refractivity (Wildman–Crippen MR) is 109 cm³/mol. The second kappa shape index (κ2) is 6.44. The summed E-state index contributed by atoms with van der Waals surface area (Å²) in [6, 6.07) is 26.5. The van der Waals surface area contributed by atoms with Crippen LogP contribution in [0, 0.1) is 0 Å². The van der Waals surface area contributed by atoms with Crippen LogP contribution in [0.4, 0.5) is 0 Å². The average molecular weight is 352 g/mol. The summed E-state index contributed by atoms with van der Waals surface area (Å²) < 4.78 is 0. The lowest BCUT2D eigenvalue weighted by Gasteiger charge is -2.27. The molecule has 1 aromatic heterocycles. The number of hydrogen-bond acceptors (Lipinski definition) is 1. The Kier molecular flexibility index (Phi) is 3.79. The van der Waals surface area contributed by atoms with E-state index in [0.717, 1.165) is 35.2 Å². The zero-order valence-corrected chi connectivity index (χ0v) is 15.0. The Bertz CT molecular complexity index is 1110. The van der Waals surface area contributed by atoms with Crippen molar-refractivity contribution in [3.63, 3.8) is 0 Å². The minimum atomic E-state index is 0.102. The largest absolute Gasteiger partial charge is 0.358 e. The van der Waals surface area contributed by atoms with Crippen molar-refractivity contribution in [1.29, 1.82) is 0 Å². The zero-order valence-electron chi connectivity index (χ0n) is 15.0. The van der Waals surface area contributed by atoms with Crippen LogP contribution in [0.2, 0.25) is 0 Å². The molecule has 0 spiro atoms. The van der Waals surface area contributed by atoms with Crippen LogP contribution in [0.1, 0.15) is 21.6 Å². The average Bonchev–Trinajstić information content (AvgIpc) is 3.12. The number of carbonyl (C=O) groups is 1. The molecule has 3 aromatic carbocycles. The van der Waals surface area contributed by atoms with Gasteiger partial charge in [-0.25, -0.2) is 0 Å². The van der Waals surface area contributed by atoms with Gasteiger partial charge < -0.3 is 9.88 Å². The SMILES string of the molecule is O=C(c1ccc(-c2ccccc2)cc1)N1CCc2[nH]c3ccccc3c2C1. The molecule has 1 N–H and O–H groups in total. The molecule has 0 radical (unpaired) electrons. The number of amides is 1. The van der Waals surface area contributed by atoms with Crippen molar-refractivity contribution < 1.29 is 4.79 Å². The first-order valence-electron chi connectivity index (χ1n) is 9.33. The molecule has 3 nitrogen and oxygen atoms in total. The number of para-hydroxylation sites is 1. The Morgan fingerprint density at radius 2 is 1.52 bits per heavy atom. The topological polar surface area (TPSA) is 36.1 Å². The molecule has 0 bridgehead atoms. The fraction of sp³-hybridized carbons (Fsp3) is 0.125. The molecule has 0 fully saturated rings. The van der Waals surface area contributed by atoms with Crippen LogP contribution in [0.5, 0.6) is 0 Å². The van der Waals surface area contributed by atoms with Crippen molar-refractivity contribution in [3.05, 3.63) is 95.7 Å². The summed E-state index contributed by atoms with van der Waals surface area (Å²) in [5.41, 5.74) is 6.72. The van der Waals surface area contributed by atoms with Gasteiger partial charge in [0.2, 0.25) is 0 Å². The Balaban J connectivity index is 1.40. The lowest BCUT2D eigenvalue weighted by atomic mass is 10.0. The summed E-state index contributed by atoms with van der Waals surface area (Å²) in [7, 11) is 0. The maximum Gasteiger partial charge on any atom is 0.254 e. The third-order valence-corrected chi connectivity index (χ3v) is 5.41. The molecule has 1 amide bonds. The van der Waals surface area contributed by atoms with E-state index in [1.807, 2.05) is 53.4 Å². The minimum absolute atomic E-state index is 0.102. The first-order valence-corrected chi connectivity index (χ1v) is 9.33. The van der Waals surface area contributed by atoms with Gasteiger partial charge in [0, 0.05) is 47.2 Å². The van der Waals surface area contributed by atoms with Crippen LogP contribution in [0.25, 0.3) is 22.0 Å². The van der Waals surface area contributed by atoms with E-state index in [1.54, 1.807) is 0 Å². The monoisotopic (exact) mass is 352 g/mol. The second-order valence-electron chi connectivity index (χ2n) is 7.05. The zero-order chi connectivity index (χ0) is 18.2. The first-order chi connectivity index (χ1) is 13.3. The molecule has 1 aliphatic rings. The molecule has 0 saturated carbocycles. The Morgan fingerprint density at radius 1 is 0.815 bits per heavy atom. The number of rotatable bonds is 2. The summed E-state index contributed by atoms with van der Waals surface area (Å²) in [5, 5.41) is 1.23. The third-order valence-electron chi connectivity index (χ3n) is 5.41. The van der Waals surface area contributed by atoms with Crippen LogP contribution in [-0.4, -0.2) is 22.3 Å². The number of carbonyl (C=O) groups excluding carboxylic acids is 1. The summed E-state index contributed by atoms with van der Waals surface area (Å²) >= 11 is 0. The molecule has 132 valence electrons. The number of H-pyrrole nitrogens is 1. The van der Waals surface area contributed by atoms with Gasteiger partial charge in [0.15, 0.2) is 0 Å². The van der Waals surface area contributed by atoms with Gasteiger partial charge in [-0.3, -0.25) is 4.79 Å². The molecule has 0 unspecified atom stereocenters. The van der Waals surface area contributed by atoms with Crippen LogP contribution >= 0.6 is 0 Å². The third kappa shape index (κ3) is 2.81. The van der Waals surface area contributed by atoms with Crippen LogP contribution in [0.15, 0.2) is 78.9 Å². The molecule has 3 heteroatoms. The van der Waals surface area contributed by atoms with Gasteiger partial charge in [-0.15, -0.1) is 0 Å². The van der Waals surface area contributed by atoms with E-state index >= 15 is 0 Å². The summed E-state index contributed by atoms with van der Waals surface area (Å²) in [6.45, 7) is 1.41. The maximum absolute atomic E-state index is 13.0. The summed E-state index contributed by atoms with van der Waals surface area (Å²) in [4.78, 5) is 18.5. The van der Waals surface area contributed by atoms with Gasteiger partial charge >= 0.3 is 0 Å². The lowest BCUT2D eigenvalue weighted by Crippen LogP contribution is -2.35. The van der Waals surface area contributed by atoms with E-state index < -0.39 is 0 Å². The molecule has 1 aliphatic heterocycles. The van der Waals surface area contributed by atoms with Crippen LogP contribution < -0.4 is 0 Å². The van der Waals surface area contributed by atoms with Crippen molar-refractivity contribution in [2.24, 2.45) is 0 Å². The fourth-order valence-corrected chi connectivity index (χ4v) is 3.96. The standard InChI is InChI=1S/C24H20N2O/c27-24(19-12-10-18(11-13-19)17-6-2-1-3-7-17)26-15-14-23-21(16-26)20-8-4-5-9-22(20)25-23/h1-13,25H,14-16H2. The number of hydrogen-bond donors (Lipinski definition) is 1. The van der Waals surface area contributed by atoms with Gasteiger partial charge in [0.05, 0.1) is 0 Å². The van der Waals surface area contributed by atoms with E-state index in [-0.39, 0.29) is 5.91 Å². The van der Waals surface area contributed by atoms with Crippen molar-refractivity contribution in [2.75, 3.05) is 6.54 Å². The van der Waals surface area contributed by atoms with E-state index in [2.05, 4.69) is 35.3 Å². The highest BCUT2D eigenvalue weighted by Crippen LogP contribution is 2.28.